The van der Waals surface area contributed by atoms with E-state index in [-0.39, 0.29) is 10.6 Å². The van der Waals surface area contributed by atoms with Gasteiger partial charge in [-0.1, -0.05) is 18.2 Å². The van der Waals surface area contributed by atoms with Crippen molar-refractivity contribution >= 4 is 26.0 Å². The van der Waals surface area contributed by atoms with E-state index in [4.69, 9.17) is 0 Å². The molecule has 0 aromatic heterocycles. The van der Waals surface area contributed by atoms with Crippen molar-refractivity contribution in [3.05, 3.63) is 58.1 Å². The summed E-state index contributed by atoms with van der Waals surface area (Å²) in [6, 6.07) is 11.1. The minimum absolute atomic E-state index is 0.107. The molecule has 21 heavy (non-hydrogen) atoms. The maximum Gasteiger partial charge on any atom is 0.242 e. The van der Waals surface area contributed by atoms with Crippen molar-refractivity contribution in [3.63, 3.8) is 0 Å². The molecule has 0 aliphatic rings. The second-order valence-corrected chi connectivity index (χ2v) is 7.41. The highest BCUT2D eigenvalue weighted by Gasteiger charge is 2.21. The van der Waals surface area contributed by atoms with Crippen molar-refractivity contribution in [2.45, 2.75) is 24.8 Å². The number of sulfonamides is 1. The number of hydrogen-bond acceptors (Lipinski definition) is 3. The van der Waals surface area contributed by atoms with Crippen LogP contribution in [0.1, 0.15) is 24.1 Å². The van der Waals surface area contributed by atoms with Gasteiger partial charge < -0.3 is 5.11 Å². The quantitative estimate of drug-likeness (QED) is 0.866. The van der Waals surface area contributed by atoms with Crippen molar-refractivity contribution in [1.29, 1.82) is 0 Å². The molecule has 0 aliphatic heterocycles. The Bertz CT molecular complexity index is 759. The molecule has 0 heterocycles. The summed E-state index contributed by atoms with van der Waals surface area (Å²) in [4.78, 5) is 0.195. The first-order valence-corrected chi connectivity index (χ1v) is 8.64. The molecule has 0 saturated carbocycles. The van der Waals surface area contributed by atoms with Crippen LogP contribution in [0, 0.1) is 6.92 Å². The number of aryl methyl sites for hydroxylation is 1. The Balaban J connectivity index is 2.29. The van der Waals surface area contributed by atoms with Crippen LogP contribution in [0.5, 0.6) is 5.75 Å². The van der Waals surface area contributed by atoms with Gasteiger partial charge in [-0.2, -0.15) is 0 Å². The van der Waals surface area contributed by atoms with Gasteiger partial charge in [0.15, 0.2) is 0 Å². The summed E-state index contributed by atoms with van der Waals surface area (Å²) in [7, 11) is -3.65. The van der Waals surface area contributed by atoms with Gasteiger partial charge in [0.1, 0.15) is 5.75 Å². The maximum atomic E-state index is 12.4. The normalized spacial score (nSPS) is 13.1. The van der Waals surface area contributed by atoms with E-state index < -0.39 is 16.1 Å². The summed E-state index contributed by atoms with van der Waals surface area (Å²) in [6.45, 7) is 3.62. The molecule has 2 aromatic rings. The molecule has 0 aliphatic carbocycles. The number of nitrogens with one attached hydrogen (secondary N) is 1. The SMILES string of the molecule is Cc1ccc(S(=O)(=O)NC(C)c2cccc(O)c2)c(Br)c1. The highest BCUT2D eigenvalue weighted by atomic mass is 79.9. The highest BCUT2D eigenvalue weighted by molar-refractivity contribution is 9.10. The summed E-state index contributed by atoms with van der Waals surface area (Å²) < 4.78 is 28.0. The van der Waals surface area contributed by atoms with E-state index in [9.17, 15) is 13.5 Å². The monoisotopic (exact) mass is 369 g/mol. The first-order chi connectivity index (χ1) is 9.79. The number of hydrogen-bond donors (Lipinski definition) is 2. The van der Waals surface area contributed by atoms with Gasteiger partial charge in [0.2, 0.25) is 10.0 Å². The van der Waals surface area contributed by atoms with Crippen molar-refractivity contribution in [1.82, 2.24) is 4.72 Å². The van der Waals surface area contributed by atoms with Crippen LogP contribution in [0.25, 0.3) is 0 Å². The molecular formula is C15H16BrNO3S. The molecule has 2 N–H and O–H groups in total. The van der Waals surface area contributed by atoms with Crippen molar-refractivity contribution < 1.29 is 13.5 Å². The third-order valence-electron chi connectivity index (χ3n) is 3.08. The number of benzene rings is 2. The topological polar surface area (TPSA) is 66.4 Å². The second kappa shape index (κ2) is 6.17. The van der Waals surface area contributed by atoms with Crippen LogP contribution in [0.3, 0.4) is 0 Å². The Labute approximate surface area is 133 Å². The fourth-order valence-corrected chi connectivity index (χ4v) is 4.41. The fourth-order valence-electron chi connectivity index (χ4n) is 1.98. The van der Waals surface area contributed by atoms with Gasteiger partial charge in [0, 0.05) is 10.5 Å². The zero-order chi connectivity index (χ0) is 15.6. The lowest BCUT2D eigenvalue weighted by molar-refractivity contribution is 0.473. The van der Waals surface area contributed by atoms with Crippen LogP contribution in [-0.2, 0) is 10.0 Å². The van der Waals surface area contributed by atoms with Crippen LogP contribution in [0.4, 0.5) is 0 Å². The Kier molecular flexibility index (Phi) is 4.70. The van der Waals surface area contributed by atoms with E-state index in [0.29, 0.717) is 10.0 Å². The smallest absolute Gasteiger partial charge is 0.242 e. The van der Waals surface area contributed by atoms with Gasteiger partial charge in [-0.25, -0.2) is 13.1 Å². The number of phenols is 1. The summed E-state index contributed by atoms with van der Waals surface area (Å²) in [5, 5.41) is 9.47. The average Bonchev–Trinajstić information content (AvgIpc) is 2.37. The molecule has 2 rings (SSSR count). The Morgan fingerprint density at radius 1 is 1.19 bits per heavy atom. The highest BCUT2D eigenvalue weighted by Crippen LogP contribution is 2.25. The standard InChI is InChI=1S/C15H16BrNO3S/c1-10-6-7-15(14(16)8-10)21(19,20)17-11(2)12-4-3-5-13(18)9-12/h3-9,11,17-18H,1-2H3. The van der Waals surface area contributed by atoms with Gasteiger partial charge in [-0.3, -0.25) is 0 Å². The zero-order valence-electron chi connectivity index (χ0n) is 11.7. The predicted molar refractivity (Wildman–Crippen MR) is 85.7 cm³/mol. The van der Waals surface area contributed by atoms with Crippen LogP contribution in [0.2, 0.25) is 0 Å². The van der Waals surface area contributed by atoms with Gasteiger partial charge in [-0.15, -0.1) is 0 Å². The van der Waals surface area contributed by atoms with Crippen LogP contribution >= 0.6 is 15.9 Å². The van der Waals surface area contributed by atoms with E-state index in [1.807, 2.05) is 6.92 Å². The molecular weight excluding hydrogens is 354 g/mol. The van der Waals surface area contributed by atoms with Crippen molar-refractivity contribution in [3.8, 4) is 5.75 Å². The first kappa shape index (κ1) is 16.0. The van der Waals surface area contributed by atoms with E-state index in [1.54, 1.807) is 43.3 Å². The Hall–Kier alpha value is -1.37. The first-order valence-electron chi connectivity index (χ1n) is 6.37. The summed E-state index contributed by atoms with van der Waals surface area (Å²) in [5.41, 5.74) is 1.67. The predicted octanol–water partition coefficient (Wildman–Crippen LogP) is 3.50. The molecule has 0 spiro atoms. The molecule has 0 fully saturated rings. The van der Waals surface area contributed by atoms with E-state index in [2.05, 4.69) is 20.7 Å². The third-order valence-corrected chi connectivity index (χ3v) is 5.60. The minimum atomic E-state index is -3.65. The Morgan fingerprint density at radius 2 is 1.90 bits per heavy atom. The van der Waals surface area contributed by atoms with Crippen LogP contribution in [-0.4, -0.2) is 13.5 Å². The third kappa shape index (κ3) is 3.84. The molecule has 6 heteroatoms. The van der Waals surface area contributed by atoms with Crippen molar-refractivity contribution in [2.75, 3.05) is 0 Å². The molecule has 2 aromatic carbocycles. The lowest BCUT2D eigenvalue weighted by Crippen LogP contribution is -2.27. The average molecular weight is 370 g/mol. The number of aromatic hydroxyl groups is 1. The van der Waals surface area contributed by atoms with Gasteiger partial charge in [-0.05, 0) is 65.2 Å². The Morgan fingerprint density at radius 3 is 2.52 bits per heavy atom. The molecule has 0 bridgehead atoms. The molecule has 0 saturated heterocycles. The van der Waals surface area contributed by atoms with Crippen LogP contribution < -0.4 is 4.72 Å². The number of halogens is 1. The molecule has 0 radical (unpaired) electrons. The van der Waals surface area contributed by atoms with E-state index >= 15 is 0 Å². The van der Waals surface area contributed by atoms with E-state index in [0.717, 1.165) is 5.56 Å². The van der Waals surface area contributed by atoms with Gasteiger partial charge in [0.05, 0.1) is 4.90 Å². The molecule has 112 valence electrons. The minimum Gasteiger partial charge on any atom is -0.508 e. The largest absolute Gasteiger partial charge is 0.508 e. The molecule has 0 amide bonds. The van der Waals surface area contributed by atoms with Crippen molar-refractivity contribution in [2.24, 2.45) is 0 Å². The zero-order valence-corrected chi connectivity index (χ0v) is 14.1. The van der Waals surface area contributed by atoms with Gasteiger partial charge in [0.25, 0.3) is 0 Å². The van der Waals surface area contributed by atoms with Gasteiger partial charge >= 0.3 is 0 Å². The fraction of sp³-hybridized carbons (Fsp3) is 0.200. The number of phenolic OH excluding ortho intramolecular Hbond substituents is 1. The van der Waals surface area contributed by atoms with E-state index in [1.165, 1.54) is 6.07 Å². The summed E-state index contributed by atoms with van der Waals surface area (Å²) >= 11 is 3.28. The number of rotatable bonds is 4. The molecule has 1 atom stereocenters. The summed E-state index contributed by atoms with van der Waals surface area (Å²) in [6.07, 6.45) is 0. The maximum absolute atomic E-state index is 12.4. The molecule has 4 nitrogen and oxygen atoms in total. The second-order valence-electron chi connectivity index (χ2n) is 4.87. The van der Waals surface area contributed by atoms with Crippen LogP contribution in [0.15, 0.2) is 51.8 Å². The molecule has 1 unspecified atom stereocenters. The lowest BCUT2D eigenvalue weighted by atomic mass is 10.1. The summed E-state index contributed by atoms with van der Waals surface area (Å²) in [5.74, 6) is 0.107. The lowest BCUT2D eigenvalue weighted by Gasteiger charge is -2.16.